The van der Waals surface area contributed by atoms with Crippen molar-refractivity contribution in [1.82, 2.24) is 4.90 Å². The Balaban J connectivity index is 1.96. The van der Waals surface area contributed by atoms with Crippen LogP contribution in [0.4, 0.5) is 0 Å². The number of nitrogens with zero attached hydrogens (tertiary/aromatic N) is 1. The number of amides is 1. The fraction of sp³-hybridized carbons (Fsp3) is 0.316. The minimum atomic E-state index is -0.679. The molecule has 1 N–H and O–H groups in total. The van der Waals surface area contributed by atoms with Gasteiger partial charge in [0.05, 0.1) is 12.1 Å². The van der Waals surface area contributed by atoms with Gasteiger partial charge in [0.15, 0.2) is 0 Å². The van der Waals surface area contributed by atoms with Crippen molar-refractivity contribution in [3.05, 3.63) is 71.3 Å². The van der Waals surface area contributed by atoms with Crippen molar-refractivity contribution in [3.8, 4) is 0 Å². The van der Waals surface area contributed by atoms with Gasteiger partial charge >= 0.3 is 0 Å². The zero-order valence-electron chi connectivity index (χ0n) is 12.9. The maximum atomic E-state index is 12.2. The Hall–Kier alpha value is -2.13. The van der Waals surface area contributed by atoms with Gasteiger partial charge in [-0.25, -0.2) is 0 Å². The maximum Gasteiger partial charge on any atom is 0.223 e. The van der Waals surface area contributed by atoms with Gasteiger partial charge in [-0.1, -0.05) is 60.2 Å². The summed E-state index contributed by atoms with van der Waals surface area (Å²) < 4.78 is 0. The molecule has 3 rings (SSSR count). The number of carbonyl (C=O) groups excluding carboxylic acids is 1. The third-order valence-corrected chi connectivity index (χ3v) is 4.58. The number of aliphatic hydroxyl groups is 1. The molecule has 0 aliphatic carbocycles. The van der Waals surface area contributed by atoms with Gasteiger partial charge in [0.25, 0.3) is 0 Å². The van der Waals surface area contributed by atoms with Crippen molar-refractivity contribution in [2.45, 2.75) is 31.4 Å². The molecule has 0 bridgehead atoms. The van der Waals surface area contributed by atoms with E-state index in [9.17, 15) is 9.90 Å². The van der Waals surface area contributed by atoms with Crippen molar-refractivity contribution in [1.29, 1.82) is 0 Å². The molecular weight excluding hydrogens is 274 g/mol. The average molecular weight is 295 g/mol. The lowest BCUT2D eigenvalue weighted by Crippen LogP contribution is -2.36. The number of rotatable bonds is 3. The van der Waals surface area contributed by atoms with Crippen LogP contribution in [0.15, 0.2) is 54.6 Å². The van der Waals surface area contributed by atoms with E-state index in [1.54, 1.807) is 11.9 Å². The van der Waals surface area contributed by atoms with Crippen LogP contribution < -0.4 is 0 Å². The highest BCUT2D eigenvalue weighted by Crippen LogP contribution is 2.39. The molecule has 3 atom stereocenters. The van der Waals surface area contributed by atoms with Crippen molar-refractivity contribution < 1.29 is 9.90 Å². The fourth-order valence-corrected chi connectivity index (χ4v) is 3.39. The minimum absolute atomic E-state index is 0.0224. The van der Waals surface area contributed by atoms with Crippen LogP contribution >= 0.6 is 0 Å². The van der Waals surface area contributed by atoms with E-state index in [0.717, 1.165) is 16.7 Å². The van der Waals surface area contributed by atoms with Gasteiger partial charge in [-0.3, -0.25) is 4.79 Å². The lowest BCUT2D eigenvalue weighted by Gasteiger charge is -2.30. The molecule has 3 heteroatoms. The molecule has 0 radical (unpaired) electrons. The smallest absolute Gasteiger partial charge is 0.223 e. The molecular formula is C19H21NO2. The van der Waals surface area contributed by atoms with Gasteiger partial charge in [0.2, 0.25) is 5.91 Å². The first-order valence-corrected chi connectivity index (χ1v) is 7.63. The normalized spacial score (nSPS) is 22.9. The Morgan fingerprint density at radius 1 is 1.14 bits per heavy atom. The van der Waals surface area contributed by atoms with Crippen LogP contribution in [0, 0.1) is 6.92 Å². The molecule has 0 saturated carbocycles. The zero-order chi connectivity index (χ0) is 15.7. The van der Waals surface area contributed by atoms with Crippen LogP contribution in [-0.4, -0.2) is 29.0 Å². The Morgan fingerprint density at radius 2 is 1.86 bits per heavy atom. The highest BCUT2D eigenvalue weighted by Gasteiger charge is 2.42. The lowest BCUT2D eigenvalue weighted by molar-refractivity contribution is -0.128. The van der Waals surface area contributed by atoms with Gasteiger partial charge < -0.3 is 10.0 Å². The molecule has 1 amide bonds. The molecule has 0 spiro atoms. The molecule has 1 aliphatic rings. The van der Waals surface area contributed by atoms with E-state index in [4.69, 9.17) is 0 Å². The first-order valence-electron chi connectivity index (χ1n) is 7.63. The largest absolute Gasteiger partial charge is 0.386 e. The summed E-state index contributed by atoms with van der Waals surface area (Å²) in [6.45, 7) is 2.01. The zero-order valence-corrected chi connectivity index (χ0v) is 12.9. The topological polar surface area (TPSA) is 40.5 Å². The number of carbonyl (C=O) groups is 1. The highest BCUT2D eigenvalue weighted by molar-refractivity contribution is 5.80. The highest BCUT2D eigenvalue weighted by atomic mass is 16.3. The molecule has 1 saturated heterocycles. The van der Waals surface area contributed by atoms with E-state index in [2.05, 4.69) is 0 Å². The quantitative estimate of drug-likeness (QED) is 0.945. The van der Waals surface area contributed by atoms with E-state index in [-0.39, 0.29) is 17.9 Å². The molecule has 2 aromatic carbocycles. The van der Waals surface area contributed by atoms with E-state index >= 15 is 0 Å². The molecule has 1 aliphatic heterocycles. The van der Waals surface area contributed by atoms with E-state index in [1.807, 2.05) is 61.5 Å². The number of hydrogen-bond acceptors (Lipinski definition) is 2. The SMILES string of the molecule is Cc1cccc([C@@H](O)[C@H]2[C@@H](c3ccccc3)CC(=O)N2C)c1. The number of likely N-dealkylation sites (N-methyl/N-ethyl adjacent to an activating group) is 1. The first-order chi connectivity index (χ1) is 10.6. The molecule has 1 fully saturated rings. The van der Waals surface area contributed by atoms with Gasteiger partial charge in [-0.05, 0) is 18.1 Å². The van der Waals surface area contributed by atoms with Crippen LogP contribution in [0.5, 0.6) is 0 Å². The molecule has 3 nitrogen and oxygen atoms in total. The summed E-state index contributed by atoms with van der Waals surface area (Å²) in [5.41, 5.74) is 3.09. The summed E-state index contributed by atoms with van der Waals surface area (Å²) in [4.78, 5) is 13.9. The molecule has 1 heterocycles. The Labute approximate surface area is 131 Å². The molecule has 114 valence electrons. The predicted octanol–water partition coefficient (Wildman–Crippen LogP) is 3.04. The third kappa shape index (κ3) is 2.64. The van der Waals surface area contributed by atoms with E-state index in [1.165, 1.54) is 0 Å². The van der Waals surface area contributed by atoms with Crippen LogP contribution in [0.3, 0.4) is 0 Å². The second-order valence-corrected chi connectivity index (χ2v) is 6.08. The Kier molecular flexibility index (Phi) is 3.99. The Morgan fingerprint density at radius 3 is 2.55 bits per heavy atom. The number of hydrogen-bond donors (Lipinski definition) is 1. The van der Waals surface area contributed by atoms with Crippen LogP contribution in [-0.2, 0) is 4.79 Å². The number of likely N-dealkylation sites (tertiary alicyclic amines) is 1. The maximum absolute atomic E-state index is 12.2. The van der Waals surface area contributed by atoms with Gasteiger partial charge in [0.1, 0.15) is 0 Å². The first kappa shape index (κ1) is 14.8. The summed E-state index contributed by atoms with van der Waals surface area (Å²) in [6, 6.07) is 17.6. The number of benzene rings is 2. The van der Waals surface area contributed by atoms with Crippen molar-refractivity contribution in [2.75, 3.05) is 7.05 Å². The molecule has 0 unspecified atom stereocenters. The van der Waals surface area contributed by atoms with Crippen molar-refractivity contribution in [3.63, 3.8) is 0 Å². The monoisotopic (exact) mass is 295 g/mol. The molecule has 2 aromatic rings. The van der Waals surface area contributed by atoms with Gasteiger partial charge in [-0.15, -0.1) is 0 Å². The van der Waals surface area contributed by atoms with Crippen LogP contribution in [0.1, 0.15) is 35.1 Å². The van der Waals surface area contributed by atoms with Gasteiger partial charge in [0, 0.05) is 19.4 Å². The fourth-order valence-electron chi connectivity index (χ4n) is 3.39. The van der Waals surface area contributed by atoms with E-state index < -0.39 is 6.10 Å². The number of aliphatic hydroxyl groups excluding tert-OH is 1. The average Bonchev–Trinajstić information content (AvgIpc) is 2.83. The number of aryl methyl sites for hydroxylation is 1. The van der Waals surface area contributed by atoms with Crippen LogP contribution in [0.2, 0.25) is 0 Å². The van der Waals surface area contributed by atoms with Crippen molar-refractivity contribution in [2.24, 2.45) is 0 Å². The predicted molar refractivity (Wildman–Crippen MR) is 86.5 cm³/mol. The second kappa shape index (κ2) is 5.93. The van der Waals surface area contributed by atoms with Gasteiger partial charge in [-0.2, -0.15) is 0 Å². The minimum Gasteiger partial charge on any atom is -0.386 e. The van der Waals surface area contributed by atoms with Crippen LogP contribution in [0.25, 0.3) is 0 Å². The molecule has 0 aromatic heterocycles. The Bertz CT molecular complexity index is 668. The molecule has 22 heavy (non-hydrogen) atoms. The van der Waals surface area contributed by atoms with Crippen molar-refractivity contribution >= 4 is 5.91 Å². The standard InChI is InChI=1S/C19H21NO2/c1-13-7-6-10-15(11-13)19(22)18-16(12-17(21)20(18)2)14-8-4-3-5-9-14/h3-11,16,18-19,22H,12H2,1-2H3/t16-,18-,19-/m1/s1. The second-order valence-electron chi connectivity index (χ2n) is 6.08. The third-order valence-electron chi connectivity index (χ3n) is 4.58. The summed E-state index contributed by atoms with van der Waals surface area (Å²) in [5.74, 6) is 0.111. The summed E-state index contributed by atoms with van der Waals surface area (Å²) >= 11 is 0. The van der Waals surface area contributed by atoms with E-state index in [0.29, 0.717) is 6.42 Å². The summed E-state index contributed by atoms with van der Waals surface area (Å²) in [7, 11) is 1.79. The summed E-state index contributed by atoms with van der Waals surface area (Å²) in [5, 5.41) is 10.9. The lowest BCUT2D eigenvalue weighted by atomic mass is 9.86. The summed E-state index contributed by atoms with van der Waals surface area (Å²) in [6.07, 6.45) is -0.227.